The first kappa shape index (κ1) is 17.3. The summed E-state index contributed by atoms with van der Waals surface area (Å²) in [4.78, 5) is 4.34. The molecule has 2 aromatic heterocycles. The highest BCUT2D eigenvalue weighted by Crippen LogP contribution is 2.40. The molecule has 3 aromatic rings. The highest BCUT2D eigenvalue weighted by Gasteiger charge is 2.32. The molecule has 0 radical (unpaired) electrons. The van der Waals surface area contributed by atoms with E-state index in [1.807, 2.05) is 19.2 Å². The van der Waals surface area contributed by atoms with E-state index in [0.29, 0.717) is 10.7 Å². The summed E-state index contributed by atoms with van der Waals surface area (Å²) in [5.74, 6) is 0. The molecule has 1 aliphatic rings. The van der Waals surface area contributed by atoms with Crippen LogP contribution in [0.2, 0.25) is 5.02 Å². The molecule has 1 aliphatic carbocycles. The molecule has 1 aromatic carbocycles. The van der Waals surface area contributed by atoms with E-state index in [9.17, 15) is 8.42 Å². The maximum Gasteiger partial charge on any atom is 0.268 e. The van der Waals surface area contributed by atoms with Gasteiger partial charge in [0.05, 0.1) is 10.6 Å². The van der Waals surface area contributed by atoms with Crippen LogP contribution in [0.4, 0.5) is 0 Å². The van der Waals surface area contributed by atoms with Gasteiger partial charge in [-0.1, -0.05) is 17.7 Å². The Morgan fingerprint density at radius 2 is 2.12 bits per heavy atom. The van der Waals surface area contributed by atoms with Gasteiger partial charge in [-0.25, -0.2) is 12.4 Å². The van der Waals surface area contributed by atoms with Crippen LogP contribution in [0.3, 0.4) is 0 Å². The number of benzene rings is 1. The zero-order valence-corrected chi connectivity index (χ0v) is 15.8. The molecular formula is C19H18ClN3O2S. The molecule has 0 saturated heterocycles. The van der Waals surface area contributed by atoms with Crippen LogP contribution in [0.1, 0.15) is 23.6 Å². The van der Waals surface area contributed by atoms with Gasteiger partial charge in [0.25, 0.3) is 10.0 Å². The predicted molar refractivity (Wildman–Crippen MR) is 102 cm³/mol. The number of nitrogens with one attached hydrogen (secondary N) is 1. The third-order valence-electron chi connectivity index (χ3n) is 4.81. The summed E-state index contributed by atoms with van der Waals surface area (Å²) in [6, 6.07) is 10.2. The number of hydrogen-bond acceptors (Lipinski definition) is 4. The maximum atomic E-state index is 13.3. The Hall–Kier alpha value is -2.15. The van der Waals surface area contributed by atoms with Gasteiger partial charge in [0.2, 0.25) is 0 Å². The van der Waals surface area contributed by atoms with Gasteiger partial charge in [-0.05, 0) is 61.3 Å². The van der Waals surface area contributed by atoms with Gasteiger partial charge < -0.3 is 5.32 Å². The molecule has 0 aliphatic heterocycles. The second-order valence-electron chi connectivity index (χ2n) is 6.29. The lowest BCUT2D eigenvalue weighted by Crippen LogP contribution is -2.16. The number of nitrogens with zero attached hydrogens (tertiary/aromatic N) is 2. The van der Waals surface area contributed by atoms with Gasteiger partial charge in [-0.2, -0.15) is 0 Å². The summed E-state index contributed by atoms with van der Waals surface area (Å²) < 4.78 is 28.1. The van der Waals surface area contributed by atoms with Crippen LogP contribution >= 0.6 is 11.6 Å². The molecule has 0 bridgehead atoms. The predicted octanol–water partition coefficient (Wildman–Crippen LogP) is 3.65. The Kier molecular flexibility index (Phi) is 4.34. The molecule has 7 heteroatoms. The lowest BCUT2D eigenvalue weighted by Gasteiger charge is -2.13. The van der Waals surface area contributed by atoms with E-state index in [-0.39, 0.29) is 10.9 Å². The lowest BCUT2D eigenvalue weighted by molar-refractivity contribution is 0.579. The van der Waals surface area contributed by atoms with Gasteiger partial charge in [-0.3, -0.25) is 4.98 Å². The molecule has 1 atom stereocenters. The molecule has 0 amide bonds. The van der Waals surface area contributed by atoms with E-state index in [4.69, 9.17) is 11.6 Å². The minimum atomic E-state index is -3.77. The van der Waals surface area contributed by atoms with Crippen molar-refractivity contribution in [2.45, 2.75) is 23.8 Å². The standard InChI is InChI=1S/C19H18ClN3O2S/c1-21-18-8-7-16-17(18)12-23(19(16)13-4-3-9-22-11-13)26(24,25)15-6-2-5-14(20)10-15/h2-6,9-12,18,21H,7-8H2,1H3. The van der Waals surface area contributed by atoms with Gasteiger partial charge in [0.15, 0.2) is 0 Å². The smallest absolute Gasteiger partial charge is 0.268 e. The van der Waals surface area contributed by atoms with Crippen molar-refractivity contribution in [3.8, 4) is 11.3 Å². The van der Waals surface area contributed by atoms with E-state index in [1.54, 1.807) is 36.8 Å². The second kappa shape index (κ2) is 6.54. The second-order valence-corrected chi connectivity index (χ2v) is 8.54. The van der Waals surface area contributed by atoms with Crippen molar-refractivity contribution in [2.75, 3.05) is 7.05 Å². The maximum absolute atomic E-state index is 13.3. The fourth-order valence-electron chi connectivity index (χ4n) is 3.58. The molecular weight excluding hydrogens is 370 g/mol. The number of fused-ring (bicyclic) bond motifs is 1. The summed E-state index contributed by atoms with van der Waals surface area (Å²) in [6.45, 7) is 0. The summed E-state index contributed by atoms with van der Waals surface area (Å²) >= 11 is 6.02. The van der Waals surface area contributed by atoms with Crippen molar-refractivity contribution in [3.05, 3.63) is 71.1 Å². The molecule has 1 N–H and O–H groups in total. The van der Waals surface area contributed by atoms with E-state index < -0.39 is 10.0 Å². The molecule has 0 saturated carbocycles. The van der Waals surface area contributed by atoms with Crippen LogP contribution in [-0.4, -0.2) is 24.4 Å². The molecule has 0 fully saturated rings. The average molecular weight is 388 g/mol. The molecule has 0 spiro atoms. The van der Waals surface area contributed by atoms with E-state index in [1.165, 1.54) is 10.0 Å². The Balaban J connectivity index is 1.97. The Morgan fingerprint density at radius 1 is 1.27 bits per heavy atom. The summed E-state index contributed by atoms with van der Waals surface area (Å²) in [5.41, 5.74) is 3.56. The van der Waals surface area contributed by atoms with E-state index >= 15 is 0 Å². The quantitative estimate of drug-likeness (QED) is 0.742. The first-order valence-corrected chi connectivity index (χ1v) is 10.2. The van der Waals surface area contributed by atoms with Crippen molar-refractivity contribution in [2.24, 2.45) is 0 Å². The summed E-state index contributed by atoms with van der Waals surface area (Å²) in [5, 5.41) is 3.66. The number of halogens is 1. The van der Waals surface area contributed by atoms with Crippen LogP contribution in [0.5, 0.6) is 0 Å². The minimum absolute atomic E-state index is 0.149. The van der Waals surface area contributed by atoms with E-state index in [0.717, 1.165) is 29.5 Å². The highest BCUT2D eigenvalue weighted by molar-refractivity contribution is 7.90. The number of aromatic nitrogens is 2. The molecule has 26 heavy (non-hydrogen) atoms. The highest BCUT2D eigenvalue weighted by atomic mass is 35.5. The van der Waals surface area contributed by atoms with Crippen LogP contribution < -0.4 is 5.32 Å². The first-order valence-electron chi connectivity index (χ1n) is 8.35. The van der Waals surface area contributed by atoms with Crippen molar-refractivity contribution in [3.63, 3.8) is 0 Å². The third kappa shape index (κ3) is 2.74. The largest absolute Gasteiger partial charge is 0.313 e. The lowest BCUT2D eigenvalue weighted by atomic mass is 10.1. The fourth-order valence-corrected chi connectivity index (χ4v) is 5.30. The van der Waals surface area contributed by atoms with Crippen molar-refractivity contribution in [1.29, 1.82) is 0 Å². The number of hydrogen-bond donors (Lipinski definition) is 1. The normalized spacial score (nSPS) is 16.6. The van der Waals surface area contributed by atoms with Crippen LogP contribution in [0, 0.1) is 0 Å². The van der Waals surface area contributed by atoms with Gasteiger partial charge in [-0.15, -0.1) is 0 Å². The van der Waals surface area contributed by atoms with Crippen LogP contribution in [0.15, 0.2) is 59.9 Å². The van der Waals surface area contributed by atoms with Crippen LogP contribution in [0.25, 0.3) is 11.3 Å². The first-order chi connectivity index (χ1) is 12.5. The third-order valence-corrected chi connectivity index (χ3v) is 6.70. The summed E-state index contributed by atoms with van der Waals surface area (Å²) in [6.07, 6.45) is 6.89. The summed E-state index contributed by atoms with van der Waals surface area (Å²) in [7, 11) is -1.88. The van der Waals surface area contributed by atoms with Crippen molar-refractivity contribution in [1.82, 2.24) is 14.3 Å². The zero-order valence-electron chi connectivity index (χ0n) is 14.2. The van der Waals surface area contributed by atoms with Crippen LogP contribution in [-0.2, 0) is 16.4 Å². The molecule has 4 rings (SSSR count). The van der Waals surface area contributed by atoms with Crippen molar-refractivity contribution < 1.29 is 8.42 Å². The van der Waals surface area contributed by atoms with Gasteiger partial charge in [0, 0.05) is 35.2 Å². The molecule has 1 unspecified atom stereocenters. The SMILES string of the molecule is CNC1CCc2c1cn(S(=O)(=O)c1cccc(Cl)c1)c2-c1cccnc1. The Bertz CT molecular complexity index is 1060. The van der Waals surface area contributed by atoms with Gasteiger partial charge >= 0.3 is 0 Å². The monoisotopic (exact) mass is 387 g/mol. The zero-order chi connectivity index (χ0) is 18.3. The topological polar surface area (TPSA) is 64.0 Å². The molecule has 134 valence electrons. The minimum Gasteiger partial charge on any atom is -0.313 e. The van der Waals surface area contributed by atoms with Crippen molar-refractivity contribution >= 4 is 21.6 Å². The molecule has 5 nitrogen and oxygen atoms in total. The Morgan fingerprint density at radius 3 is 2.81 bits per heavy atom. The average Bonchev–Trinajstić information content (AvgIpc) is 3.21. The molecule has 2 heterocycles. The fraction of sp³-hybridized carbons (Fsp3) is 0.211. The number of rotatable bonds is 4. The Labute approximate surface area is 157 Å². The van der Waals surface area contributed by atoms with Gasteiger partial charge in [0.1, 0.15) is 0 Å². The van der Waals surface area contributed by atoms with E-state index in [2.05, 4.69) is 10.3 Å². The number of pyridine rings is 1.